The lowest BCUT2D eigenvalue weighted by atomic mass is 10.2. The summed E-state index contributed by atoms with van der Waals surface area (Å²) < 4.78 is 12.9. The van der Waals surface area contributed by atoms with Crippen molar-refractivity contribution in [1.29, 1.82) is 0 Å². The second-order valence-corrected chi connectivity index (χ2v) is 3.40. The van der Waals surface area contributed by atoms with Gasteiger partial charge in [0, 0.05) is 12.1 Å². The fraction of sp³-hybridized carbons (Fsp3) is 0.364. The summed E-state index contributed by atoms with van der Waals surface area (Å²) in [6, 6.07) is 4.49. The minimum Gasteiger partial charge on any atom is -0.330 e. The Morgan fingerprint density at radius 2 is 2.27 bits per heavy atom. The Bertz CT molecular complexity index is 352. The van der Waals surface area contributed by atoms with E-state index in [1.165, 1.54) is 6.07 Å². The molecule has 15 heavy (non-hydrogen) atoms. The van der Waals surface area contributed by atoms with Crippen molar-refractivity contribution in [2.75, 3.05) is 11.9 Å². The fourth-order valence-corrected chi connectivity index (χ4v) is 1.21. The lowest BCUT2D eigenvalue weighted by Crippen LogP contribution is -2.13. The molecule has 0 atom stereocenters. The monoisotopic (exact) mass is 210 g/mol. The molecule has 3 nitrogen and oxygen atoms in total. The Labute approximate surface area is 88.5 Å². The van der Waals surface area contributed by atoms with Crippen LogP contribution in [0, 0.1) is 12.7 Å². The number of carbonyl (C=O) groups excluding carboxylic acids is 1. The summed E-state index contributed by atoms with van der Waals surface area (Å²) in [6.45, 7) is 2.15. The highest BCUT2D eigenvalue weighted by Crippen LogP contribution is 2.13. The molecule has 82 valence electrons. The van der Waals surface area contributed by atoms with Gasteiger partial charge in [0.2, 0.25) is 5.91 Å². The maximum absolute atomic E-state index is 12.9. The van der Waals surface area contributed by atoms with Crippen molar-refractivity contribution in [3.8, 4) is 0 Å². The van der Waals surface area contributed by atoms with Crippen LogP contribution in [0.2, 0.25) is 0 Å². The molecule has 0 saturated carbocycles. The number of benzene rings is 1. The molecule has 0 aliphatic rings. The van der Waals surface area contributed by atoms with Gasteiger partial charge < -0.3 is 11.1 Å². The van der Waals surface area contributed by atoms with Crippen molar-refractivity contribution >= 4 is 11.6 Å². The van der Waals surface area contributed by atoms with Gasteiger partial charge in [-0.1, -0.05) is 0 Å². The predicted octanol–water partition coefficient (Wildman–Crippen LogP) is 1.81. The van der Waals surface area contributed by atoms with Crippen molar-refractivity contribution < 1.29 is 9.18 Å². The summed E-state index contributed by atoms with van der Waals surface area (Å²) in [4.78, 5) is 11.3. The number of nitrogens with one attached hydrogen (secondary N) is 1. The minimum absolute atomic E-state index is 0.0912. The molecular formula is C11H15FN2O. The van der Waals surface area contributed by atoms with E-state index in [0.717, 1.165) is 0 Å². The van der Waals surface area contributed by atoms with E-state index in [9.17, 15) is 9.18 Å². The van der Waals surface area contributed by atoms with E-state index in [4.69, 9.17) is 5.73 Å². The summed E-state index contributed by atoms with van der Waals surface area (Å²) in [5.74, 6) is -0.360. The van der Waals surface area contributed by atoms with Gasteiger partial charge in [-0.15, -0.1) is 0 Å². The van der Waals surface area contributed by atoms with Crippen molar-refractivity contribution in [2.45, 2.75) is 19.8 Å². The van der Waals surface area contributed by atoms with Crippen molar-refractivity contribution in [2.24, 2.45) is 5.73 Å². The Morgan fingerprint density at radius 1 is 1.53 bits per heavy atom. The van der Waals surface area contributed by atoms with Gasteiger partial charge in [0.05, 0.1) is 0 Å². The van der Waals surface area contributed by atoms with Crippen LogP contribution in [0.15, 0.2) is 18.2 Å². The molecule has 0 heterocycles. The van der Waals surface area contributed by atoms with Crippen LogP contribution < -0.4 is 11.1 Å². The van der Waals surface area contributed by atoms with Gasteiger partial charge in [-0.25, -0.2) is 4.39 Å². The molecule has 1 amide bonds. The third-order valence-corrected chi connectivity index (χ3v) is 2.05. The van der Waals surface area contributed by atoms with Crippen molar-refractivity contribution in [3.05, 3.63) is 29.6 Å². The lowest BCUT2D eigenvalue weighted by Gasteiger charge is -2.05. The van der Waals surface area contributed by atoms with Gasteiger partial charge in [-0.2, -0.15) is 0 Å². The molecule has 1 aromatic rings. The first kappa shape index (κ1) is 11.7. The molecule has 0 aliphatic heterocycles. The van der Waals surface area contributed by atoms with E-state index >= 15 is 0 Å². The van der Waals surface area contributed by atoms with Crippen LogP contribution in [0.1, 0.15) is 18.4 Å². The number of hydrogen-bond donors (Lipinski definition) is 2. The first-order chi connectivity index (χ1) is 7.13. The number of nitrogens with two attached hydrogens (primary N) is 1. The number of carbonyl (C=O) groups is 1. The Balaban J connectivity index is 2.57. The second kappa shape index (κ2) is 5.46. The average molecular weight is 210 g/mol. The van der Waals surface area contributed by atoms with Crippen LogP contribution in [-0.4, -0.2) is 12.5 Å². The number of hydrogen-bond acceptors (Lipinski definition) is 2. The smallest absolute Gasteiger partial charge is 0.224 e. The van der Waals surface area contributed by atoms with Crippen LogP contribution in [0.4, 0.5) is 10.1 Å². The van der Waals surface area contributed by atoms with Gasteiger partial charge in [-0.05, 0) is 43.7 Å². The molecule has 0 radical (unpaired) electrons. The Kier molecular flexibility index (Phi) is 4.24. The highest BCUT2D eigenvalue weighted by molar-refractivity contribution is 5.90. The first-order valence-electron chi connectivity index (χ1n) is 4.89. The van der Waals surface area contributed by atoms with Crippen molar-refractivity contribution in [3.63, 3.8) is 0 Å². The first-order valence-corrected chi connectivity index (χ1v) is 4.89. The third kappa shape index (κ3) is 3.67. The summed E-state index contributed by atoms with van der Waals surface area (Å²) >= 11 is 0. The zero-order valence-electron chi connectivity index (χ0n) is 8.72. The van der Waals surface area contributed by atoms with Gasteiger partial charge in [0.15, 0.2) is 0 Å². The predicted molar refractivity (Wildman–Crippen MR) is 58.1 cm³/mol. The molecule has 0 unspecified atom stereocenters. The van der Waals surface area contributed by atoms with Crippen LogP contribution in [0.5, 0.6) is 0 Å². The zero-order valence-corrected chi connectivity index (χ0v) is 8.72. The topological polar surface area (TPSA) is 55.1 Å². The molecule has 0 aliphatic carbocycles. The minimum atomic E-state index is -0.269. The van der Waals surface area contributed by atoms with Crippen LogP contribution in [0.25, 0.3) is 0 Å². The number of rotatable bonds is 4. The van der Waals surface area contributed by atoms with E-state index in [1.807, 2.05) is 0 Å². The van der Waals surface area contributed by atoms with E-state index in [0.29, 0.717) is 30.6 Å². The molecule has 4 heteroatoms. The van der Waals surface area contributed by atoms with Crippen LogP contribution >= 0.6 is 0 Å². The number of amides is 1. The normalized spacial score (nSPS) is 10.1. The molecular weight excluding hydrogens is 195 g/mol. The van der Waals surface area contributed by atoms with Gasteiger partial charge in [0.25, 0.3) is 0 Å². The molecule has 0 aromatic heterocycles. The zero-order chi connectivity index (χ0) is 11.3. The average Bonchev–Trinajstić information content (AvgIpc) is 2.20. The summed E-state index contributed by atoms with van der Waals surface area (Å²) in [7, 11) is 0. The Hall–Kier alpha value is -1.42. The fourth-order valence-electron chi connectivity index (χ4n) is 1.21. The van der Waals surface area contributed by atoms with Gasteiger partial charge in [0.1, 0.15) is 5.82 Å². The summed E-state index contributed by atoms with van der Waals surface area (Å²) in [5, 5.41) is 2.68. The molecule has 0 spiro atoms. The Morgan fingerprint density at radius 3 is 2.87 bits per heavy atom. The molecule has 1 aromatic carbocycles. The number of halogens is 1. The molecule has 1 rings (SSSR count). The van der Waals surface area contributed by atoms with Gasteiger partial charge >= 0.3 is 0 Å². The SMILES string of the molecule is Cc1cc(NC(=O)CCCN)ccc1F. The van der Waals surface area contributed by atoms with Gasteiger partial charge in [-0.3, -0.25) is 4.79 Å². The maximum atomic E-state index is 12.9. The highest BCUT2D eigenvalue weighted by Gasteiger charge is 2.03. The van der Waals surface area contributed by atoms with Crippen molar-refractivity contribution in [1.82, 2.24) is 0 Å². The molecule has 0 bridgehead atoms. The van der Waals surface area contributed by atoms with E-state index in [-0.39, 0.29) is 11.7 Å². The largest absolute Gasteiger partial charge is 0.330 e. The third-order valence-electron chi connectivity index (χ3n) is 2.05. The number of anilines is 1. The van der Waals surface area contributed by atoms with Crippen LogP contribution in [-0.2, 0) is 4.79 Å². The lowest BCUT2D eigenvalue weighted by molar-refractivity contribution is -0.116. The van der Waals surface area contributed by atoms with E-state index in [2.05, 4.69) is 5.32 Å². The molecule has 0 fully saturated rings. The molecule has 3 N–H and O–H groups in total. The van der Waals surface area contributed by atoms with E-state index < -0.39 is 0 Å². The summed E-state index contributed by atoms with van der Waals surface area (Å²) in [6.07, 6.45) is 1.05. The van der Waals surface area contributed by atoms with E-state index in [1.54, 1.807) is 19.1 Å². The quantitative estimate of drug-likeness (QED) is 0.796. The standard InChI is InChI=1S/C11H15FN2O/c1-8-7-9(4-5-10(8)12)14-11(15)3-2-6-13/h4-5,7H,2-3,6,13H2,1H3,(H,14,15). The van der Waals surface area contributed by atoms with Crippen LogP contribution in [0.3, 0.4) is 0 Å². The second-order valence-electron chi connectivity index (χ2n) is 3.40. The summed E-state index contributed by atoms with van der Waals surface area (Å²) in [5.41, 5.74) is 6.43. The maximum Gasteiger partial charge on any atom is 0.224 e. The molecule has 0 saturated heterocycles. The number of aryl methyl sites for hydroxylation is 1. The highest BCUT2D eigenvalue weighted by atomic mass is 19.1.